The van der Waals surface area contributed by atoms with Gasteiger partial charge in [-0.15, -0.1) is 0 Å². The molecule has 3 aromatic heterocycles. The number of halogens is 1. The summed E-state index contributed by atoms with van der Waals surface area (Å²) in [4.78, 5) is 12.0. The molecule has 2 N–H and O–H groups in total. The predicted molar refractivity (Wildman–Crippen MR) is 129 cm³/mol. The lowest BCUT2D eigenvalue weighted by Crippen LogP contribution is -2.56. The second-order valence-electron chi connectivity index (χ2n) is 8.98. The fourth-order valence-electron chi connectivity index (χ4n) is 4.97. The van der Waals surface area contributed by atoms with Crippen LogP contribution in [0.4, 0.5) is 4.39 Å². The van der Waals surface area contributed by atoms with Crippen molar-refractivity contribution < 1.29 is 9.13 Å². The fraction of sp³-hybridized carbons (Fsp3) is 0.192. The Labute approximate surface area is 200 Å². The Morgan fingerprint density at radius 1 is 1.00 bits per heavy atom. The Morgan fingerprint density at radius 3 is 2.69 bits per heavy atom. The number of nitrogens with zero attached hydrogens (tertiary/aromatic N) is 6. The second kappa shape index (κ2) is 7.72. The summed E-state index contributed by atoms with van der Waals surface area (Å²) in [6.07, 6.45) is 3.53. The van der Waals surface area contributed by atoms with Gasteiger partial charge in [0, 0.05) is 43.2 Å². The number of hydrogen-bond acceptors (Lipinski definition) is 6. The van der Waals surface area contributed by atoms with Crippen molar-refractivity contribution in [1.29, 1.82) is 0 Å². The lowest BCUT2D eigenvalue weighted by atomic mass is 10.0. The number of ether oxygens (including phenoxy) is 1. The third-order valence-electron chi connectivity index (χ3n) is 6.73. The highest BCUT2D eigenvalue weighted by atomic mass is 19.1. The Hall–Kier alpha value is -4.08. The zero-order valence-corrected chi connectivity index (χ0v) is 18.8. The highest BCUT2D eigenvalue weighted by Crippen LogP contribution is 2.40. The van der Waals surface area contributed by atoms with Crippen molar-refractivity contribution in [3.63, 3.8) is 0 Å². The Morgan fingerprint density at radius 2 is 1.89 bits per heavy atom. The summed E-state index contributed by atoms with van der Waals surface area (Å²) < 4.78 is 24.6. The molecule has 2 aliphatic rings. The van der Waals surface area contributed by atoms with E-state index >= 15 is 0 Å². The van der Waals surface area contributed by atoms with Crippen molar-refractivity contribution in [3.05, 3.63) is 84.4 Å². The van der Waals surface area contributed by atoms with E-state index in [-0.39, 0.29) is 17.9 Å². The fourth-order valence-corrected chi connectivity index (χ4v) is 4.97. The SMILES string of the molecule is NC1CN(C2COc3cc(-n4c(-c5ccccc5F)nc5ccc(-n6cccn6)nc54)ccc32)C1. The van der Waals surface area contributed by atoms with Gasteiger partial charge in [0.05, 0.1) is 17.3 Å². The van der Waals surface area contributed by atoms with Gasteiger partial charge >= 0.3 is 0 Å². The van der Waals surface area contributed by atoms with E-state index in [2.05, 4.69) is 16.1 Å². The van der Waals surface area contributed by atoms with Crippen molar-refractivity contribution >= 4 is 11.2 Å². The summed E-state index contributed by atoms with van der Waals surface area (Å²) in [5, 5.41) is 4.30. The number of likely N-dealkylation sites (tertiary alicyclic amines) is 1. The molecule has 5 heterocycles. The van der Waals surface area contributed by atoms with Crippen LogP contribution in [0.5, 0.6) is 5.75 Å². The summed E-state index contributed by atoms with van der Waals surface area (Å²) in [7, 11) is 0. The highest BCUT2D eigenvalue weighted by Gasteiger charge is 2.36. The van der Waals surface area contributed by atoms with E-state index in [4.69, 9.17) is 20.4 Å². The number of benzene rings is 2. The van der Waals surface area contributed by atoms with Crippen LogP contribution in [0.2, 0.25) is 0 Å². The number of imidazole rings is 1. The molecular formula is C26H22FN7O. The molecule has 0 aliphatic carbocycles. The molecule has 1 atom stereocenters. The molecule has 174 valence electrons. The first-order valence-corrected chi connectivity index (χ1v) is 11.6. The molecule has 1 unspecified atom stereocenters. The van der Waals surface area contributed by atoms with Gasteiger partial charge in [-0.3, -0.25) is 9.47 Å². The van der Waals surface area contributed by atoms with E-state index in [9.17, 15) is 4.39 Å². The first kappa shape index (κ1) is 20.3. The van der Waals surface area contributed by atoms with Crippen LogP contribution in [0.15, 0.2) is 73.1 Å². The summed E-state index contributed by atoms with van der Waals surface area (Å²) in [6, 6.07) is 18.8. The third-order valence-corrected chi connectivity index (χ3v) is 6.73. The minimum absolute atomic E-state index is 0.203. The minimum Gasteiger partial charge on any atom is -0.491 e. The van der Waals surface area contributed by atoms with Crippen LogP contribution in [0.25, 0.3) is 34.1 Å². The lowest BCUT2D eigenvalue weighted by molar-refractivity contribution is 0.0792. The number of fused-ring (bicyclic) bond motifs is 2. The molecule has 0 bridgehead atoms. The summed E-state index contributed by atoms with van der Waals surface area (Å²) in [5.74, 6) is 1.60. The van der Waals surface area contributed by atoms with Gasteiger partial charge in [0.25, 0.3) is 0 Å². The monoisotopic (exact) mass is 467 g/mol. The van der Waals surface area contributed by atoms with Crippen LogP contribution < -0.4 is 10.5 Å². The zero-order chi connectivity index (χ0) is 23.5. The van der Waals surface area contributed by atoms with E-state index in [0.29, 0.717) is 35.0 Å². The van der Waals surface area contributed by atoms with E-state index in [1.807, 2.05) is 41.1 Å². The molecule has 8 nitrogen and oxygen atoms in total. The number of nitrogens with two attached hydrogens (primary N) is 1. The number of aromatic nitrogens is 5. The molecular weight excluding hydrogens is 445 g/mol. The molecule has 5 aromatic rings. The number of hydrogen-bond donors (Lipinski definition) is 1. The van der Waals surface area contributed by atoms with Crippen LogP contribution in [-0.2, 0) is 0 Å². The van der Waals surface area contributed by atoms with Crippen LogP contribution >= 0.6 is 0 Å². The molecule has 0 saturated carbocycles. The molecule has 0 spiro atoms. The Kier molecular flexibility index (Phi) is 4.48. The topological polar surface area (TPSA) is 87.0 Å². The van der Waals surface area contributed by atoms with Gasteiger partial charge in [0.15, 0.2) is 11.5 Å². The third kappa shape index (κ3) is 3.23. The van der Waals surface area contributed by atoms with E-state index in [1.165, 1.54) is 6.07 Å². The van der Waals surface area contributed by atoms with Gasteiger partial charge in [-0.2, -0.15) is 5.10 Å². The van der Waals surface area contributed by atoms with Crippen LogP contribution in [-0.4, -0.2) is 55.0 Å². The van der Waals surface area contributed by atoms with Crippen LogP contribution in [0, 0.1) is 5.82 Å². The average molecular weight is 468 g/mol. The quantitative estimate of drug-likeness (QED) is 0.436. The summed E-state index contributed by atoms with van der Waals surface area (Å²) in [5.41, 5.74) is 9.61. The minimum atomic E-state index is -0.344. The molecule has 1 saturated heterocycles. The summed E-state index contributed by atoms with van der Waals surface area (Å²) >= 11 is 0. The van der Waals surface area contributed by atoms with Gasteiger partial charge in [-0.1, -0.05) is 18.2 Å². The summed E-state index contributed by atoms with van der Waals surface area (Å²) in [6.45, 7) is 2.34. The molecule has 35 heavy (non-hydrogen) atoms. The van der Waals surface area contributed by atoms with Crippen molar-refractivity contribution in [3.8, 4) is 28.6 Å². The van der Waals surface area contributed by atoms with E-state index in [1.54, 1.807) is 29.1 Å². The predicted octanol–water partition coefficient (Wildman–Crippen LogP) is 3.49. The van der Waals surface area contributed by atoms with Gasteiger partial charge < -0.3 is 10.5 Å². The second-order valence-corrected chi connectivity index (χ2v) is 8.98. The van der Waals surface area contributed by atoms with Gasteiger partial charge in [0.2, 0.25) is 0 Å². The van der Waals surface area contributed by atoms with Crippen LogP contribution in [0.3, 0.4) is 0 Å². The molecule has 2 aliphatic heterocycles. The Balaban J connectivity index is 1.40. The van der Waals surface area contributed by atoms with Crippen molar-refractivity contribution in [1.82, 2.24) is 29.2 Å². The number of pyridine rings is 1. The molecule has 7 rings (SSSR count). The smallest absolute Gasteiger partial charge is 0.167 e. The molecule has 0 amide bonds. The number of rotatable bonds is 4. The molecule has 0 radical (unpaired) electrons. The standard InChI is InChI=1S/C26H22FN7O/c27-20-5-2-1-4-18(20)25-30-21-8-9-24(33-11-3-10-29-33)31-26(21)34(25)17-6-7-19-22(15-35-23(19)12-17)32-13-16(28)14-32/h1-12,16,22H,13-15,28H2. The highest BCUT2D eigenvalue weighted by molar-refractivity contribution is 5.81. The van der Waals surface area contributed by atoms with Crippen molar-refractivity contribution in [2.24, 2.45) is 5.73 Å². The first-order valence-electron chi connectivity index (χ1n) is 11.6. The van der Waals surface area contributed by atoms with Crippen molar-refractivity contribution in [2.45, 2.75) is 12.1 Å². The van der Waals surface area contributed by atoms with Gasteiger partial charge in [0.1, 0.15) is 29.5 Å². The van der Waals surface area contributed by atoms with E-state index in [0.717, 1.165) is 30.1 Å². The zero-order valence-electron chi connectivity index (χ0n) is 18.8. The van der Waals surface area contributed by atoms with Crippen LogP contribution in [0.1, 0.15) is 11.6 Å². The van der Waals surface area contributed by atoms with Crippen molar-refractivity contribution in [2.75, 3.05) is 19.7 Å². The maximum Gasteiger partial charge on any atom is 0.167 e. The maximum atomic E-state index is 14.9. The maximum absolute atomic E-state index is 14.9. The molecule has 2 aromatic carbocycles. The Bertz CT molecular complexity index is 1560. The van der Waals surface area contributed by atoms with Gasteiger partial charge in [-0.25, -0.2) is 19.0 Å². The lowest BCUT2D eigenvalue weighted by Gasteiger charge is -2.40. The largest absolute Gasteiger partial charge is 0.491 e. The van der Waals surface area contributed by atoms with E-state index < -0.39 is 0 Å². The normalized spacial score (nSPS) is 17.9. The first-order chi connectivity index (χ1) is 17.2. The van der Waals surface area contributed by atoms with Gasteiger partial charge in [-0.05, 0) is 36.4 Å². The molecule has 9 heteroatoms. The molecule has 1 fully saturated rings. The average Bonchev–Trinajstić information content (AvgIpc) is 3.60.